The van der Waals surface area contributed by atoms with Gasteiger partial charge in [-0.05, 0) is 62.9 Å². The molecule has 100 valence electrons. The second kappa shape index (κ2) is 5.53. The minimum Gasteiger partial charge on any atom is -0.497 e. The van der Waals surface area contributed by atoms with Crippen LogP contribution in [0.4, 0.5) is 0 Å². The molecule has 2 rings (SSSR count). The maximum Gasteiger partial charge on any atom is 0.119 e. The van der Waals surface area contributed by atoms with Crippen LogP contribution in [0.5, 0.6) is 5.75 Å². The van der Waals surface area contributed by atoms with E-state index >= 15 is 0 Å². The summed E-state index contributed by atoms with van der Waals surface area (Å²) in [7, 11) is 1.70. The van der Waals surface area contributed by atoms with Gasteiger partial charge in [0.2, 0.25) is 0 Å². The van der Waals surface area contributed by atoms with E-state index in [1.165, 1.54) is 20.3 Å². The Balaban J connectivity index is 2.42. The van der Waals surface area contributed by atoms with Gasteiger partial charge in [0.15, 0.2) is 0 Å². The summed E-state index contributed by atoms with van der Waals surface area (Å²) < 4.78 is 6.54. The normalized spacial score (nSPS) is 11.4. The number of halogens is 1. The molecule has 1 nitrogen and oxygen atoms in total. The monoisotopic (exact) mass is 366 g/mol. The Bertz CT molecular complexity index is 565. The van der Waals surface area contributed by atoms with Crippen LogP contribution in [-0.2, 0) is 5.41 Å². The first kappa shape index (κ1) is 14.4. The zero-order chi connectivity index (χ0) is 14.0. The molecule has 0 unspecified atom stereocenters. The second-order valence-electron chi connectivity index (χ2n) is 5.67. The van der Waals surface area contributed by atoms with Crippen LogP contribution in [-0.4, -0.2) is 7.11 Å². The van der Waals surface area contributed by atoms with Gasteiger partial charge in [0.1, 0.15) is 5.75 Å². The molecule has 0 aliphatic heterocycles. The Morgan fingerprint density at radius 3 is 2.11 bits per heavy atom. The number of hydrogen-bond acceptors (Lipinski definition) is 1. The molecule has 19 heavy (non-hydrogen) atoms. The van der Waals surface area contributed by atoms with Crippen molar-refractivity contribution < 1.29 is 4.74 Å². The van der Waals surface area contributed by atoms with E-state index in [9.17, 15) is 0 Å². The molecule has 0 aliphatic rings. The summed E-state index contributed by atoms with van der Waals surface area (Å²) in [6.07, 6.45) is 0. The zero-order valence-electron chi connectivity index (χ0n) is 11.8. The zero-order valence-corrected chi connectivity index (χ0v) is 14.0. The van der Waals surface area contributed by atoms with E-state index in [0.717, 1.165) is 5.75 Å². The van der Waals surface area contributed by atoms with Crippen molar-refractivity contribution in [3.05, 3.63) is 51.6 Å². The molecule has 0 aliphatic carbocycles. The summed E-state index contributed by atoms with van der Waals surface area (Å²) in [5.41, 5.74) is 4.01. The number of rotatable bonds is 2. The van der Waals surface area contributed by atoms with Crippen LogP contribution in [0.25, 0.3) is 11.1 Å². The van der Waals surface area contributed by atoms with Crippen LogP contribution in [0.2, 0.25) is 0 Å². The van der Waals surface area contributed by atoms with Crippen LogP contribution in [0.15, 0.2) is 42.5 Å². The highest BCUT2D eigenvalue weighted by atomic mass is 127. The maximum absolute atomic E-state index is 5.31. The third-order valence-electron chi connectivity index (χ3n) is 3.24. The van der Waals surface area contributed by atoms with E-state index in [2.05, 4.69) is 79.8 Å². The van der Waals surface area contributed by atoms with E-state index in [-0.39, 0.29) is 5.41 Å². The summed E-state index contributed by atoms with van der Waals surface area (Å²) in [5, 5.41) is 0. The lowest BCUT2D eigenvalue weighted by molar-refractivity contribution is 0.415. The Hall–Kier alpha value is -1.03. The third kappa shape index (κ3) is 3.30. The first-order valence-corrected chi connectivity index (χ1v) is 7.44. The van der Waals surface area contributed by atoms with Crippen molar-refractivity contribution in [2.24, 2.45) is 0 Å². The fourth-order valence-electron chi connectivity index (χ4n) is 2.00. The van der Waals surface area contributed by atoms with Crippen molar-refractivity contribution in [1.29, 1.82) is 0 Å². The predicted octanol–water partition coefficient (Wildman–Crippen LogP) is 5.26. The predicted molar refractivity (Wildman–Crippen MR) is 89.8 cm³/mol. The Morgan fingerprint density at radius 2 is 1.58 bits per heavy atom. The molecule has 0 heterocycles. The topological polar surface area (TPSA) is 9.23 Å². The van der Waals surface area contributed by atoms with Gasteiger partial charge in [0, 0.05) is 3.57 Å². The van der Waals surface area contributed by atoms with Gasteiger partial charge in [0.25, 0.3) is 0 Å². The van der Waals surface area contributed by atoms with Gasteiger partial charge in [0.05, 0.1) is 7.11 Å². The lowest BCUT2D eigenvalue weighted by Crippen LogP contribution is -2.10. The molecule has 0 spiro atoms. The lowest BCUT2D eigenvalue weighted by atomic mass is 9.86. The number of methoxy groups -OCH3 is 1. The highest BCUT2D eigenvalue weighted by Crippen LogP contribution is 2.31. The number of benzene rings is 2. The molecule has 2 heteroatoms. The Kier molecular flexibility index (Phi) is 4.19. The standard InChI is InChI=1S/C17H19IO/c1-17(2,3)13-7-5-12(6-8-13)15-11-14(19-4)9-10-16(15)18/h5-11H,1-4H3. The van der Waals surface area contributed by atoms with Gasteiger partial charge in [-0.25, -0.2) is 0 Å². The van der Waals surface area contributed by atoms with Crippen molar-refractivity contribution >= 4 is 22.6 Å². The average Bonchev–Trinajstić information content (AvgIpc) is 2.38. The van der Waals surface area contributed by atoms with Gasteiger partial charge in [-0.2, -0.15) is 0 Å². The fraction of sp³-hybridized carbons (Fsp3) is 0.294. The molecule has 0 bridgehead atoms. The molecular formula is C17H19IO. The number of ether oxygens (including phenoxy) is 1. The molecule has 0 fully saturated rings. The van der Waals surface area contributed by atoms with Crippen molar-refractivity contribution in [3.8, 4) is 16.9 Å². The van der Waals surface area contributed by atoms with Gasteiger partial charge in [-0.3, -0.25) is 0 Å². The highest BCUT2D eigenvalue weighted by molar-refractivity contribution is 14.1. The van der Waals surface area contributed by atoms with E-state index in [0.29, 0.717) is 0 Å². The van der Waals surface area contributed by atoms with E-state index in [1.54, 1.807) is 7.11 Å². The van der Waals surface area contributed by atoms with Crippen LogP contribution < -0.4 is 4.74 Å². The van der Waals surface area contributed by atoms with E-state index < -0.39 is 0 Å². The highest BCUT2D eigenvalue weighted by Gasteiger charge is 2.13. The van der Waals surface area contributed by atoms with E-state index in [1.807, 2.05) is 6.07 Å². The minimum atomic E-state index is 0.195. The molecular weight excluding hydrogens is 347 g/mol. The van der Waals surface area contributed by atoms with E-state index in [4.69, 9.17) is 4.74 Å². The summed E-state index contributed by atoms with van der Waals surface area (Å²) in [4.78, 5) is 0. The molecule has 0 amide bonds. The molecule has 0 radical (unpaired) electrons. The maximum atomic E-state index is 5.31. The van der Waals surface area contributed by atoms with Crippen LogP contribution in [0.1, 0.15) is 26.3 Å². The summed E-state index contributed by atoms with van der Waals surface area (Å²) in [5.74, 6) is 0.898. The summed E-state index contributed by atoms with van der Waals surface area (Å²) >= 11 is 2.37. The first-order chi connectivity index (χ1) is 8.91. The molecule has 0 aromatic heterocycles. The van der Waals surface area contributed by atoms with Crippen molar-refractivity contribution in [2.75, 3.05) is 7.11 Å². The van der Waals surface area contributed by atoms with Crippen molar-refractivity contribution in [2.45, 2.75) is 26.2 Å². The van der Waals surface area contributed by atoms with Gasteiger partial charge >= 0.3 is 0 Å². The van der Waals surface area contributed by atoms with Crippen LogP contribution in [0.3, 0.4) is 0 Å². The smallest absolute Gasteiger partial charge is 0.119 e. The molecule has 2 aromatic carbocycles. The quantitative estimate of drug-likeness (QED) is 0.659. The molecule has 2 aromatic rings. The molecule has 0 saturated heterocycles. The lowest BCUT2D eigenvalue weighted by Gasteiger charge is -2.19. The fourth-order valence-corrected chi connectivity index (χ4v) is 2.65. The van der Waals surface area contributed by atoms with Gasteiger partial charge in [-0.15, -0.1) is 0 Å². The Labute approximate surface area is 129 Å². The molecule has 0 N–H and O–H groups in total. The molecule has 0 saturated carbocycles. The third-order valence-corrected chi connectivity index (χ3v) is 4.18. The molecule has 0 atom stereocenters. The minimum absolute atomic E-state index is 0.195. The Morgan fingerprint density at radius 1 is 0.947 bits per heavy atom. The van der Waals surface area contributed by atoms with Gasteiger partial charge in [-0.1, -0.05) is 45.0 Å². The second-order valence-corrected chi connectivity index (χ2v) is 6.84. The van der Waals surface area contributed by atoms with Crippen LogP contribution in [0, 0.1) is 3.57 Å². The number of hydrogen-bond donors (Lipinski definition) is 0. The summed E-state index contributed by atoms with van der Waals surface area (Å²) in [6.45, 7) is 6.70. The van der Waals surface area contributed by atoms with Crippen molar-refractivity contribution in [3.63, 3.8) is 0 Å². The first-order valence-electron chi connectivity index (χ1n) is 6.36. The van der Waals surface area contributed by atoms with Crippen molar-refractivity contribution in [1.82, 2.24) is 0 Å². The SMILES string of the molecule is COc1ccc(I)c(-c2ccc(C(C)(C)C)cc2)c1. The average molecular weight is 366 g/mol. The summed E-state index contributed by atoms with van der Waals surface area (Å²) in [6, 6.07) is 15.0. The van der Waals surface area contributed by atoms with Gasteiger partial charge < -0.3 is 4.74 Å². The largest absolute Gasteiger partial charge is 0.497 e. The van der Waals surface area contributed by atoms with Crippen LogP contribution >= 0.6 is 22.6 Å².